The van der Waals surface area contributed by atoms with Gasteiger partial charge in [-0.15, -0.1) is 4.72 Å². The summed E-state index contributed by atoms with van der Waals surface area (Å²) in [5.41, 5.74) is 2.28. The first-order valence-corrected chi connectivity index (χ1v) is 11.2. The van der Waals surface area contributed by atoms with Crippen molar-refractivity contribution in [3.8, 4) is 11.3 Å². The van der Waals surface area contributed by atoms with Gasteiger partial charge in [0.1, 0.15) is 12.1 Å². The molecule has 148 valence electrons. The van der Waals surface area contributed by atoms with Gasteiger partial charge in [0.05, 0.1) is 17.8 Å². The summed E-state index contributed by atoms with van der Waals surface area (Å²) < 4.78 is 28.4. The molecule has 2 fully saturated rings. The van der Waals surface area contributed by atoms with Crippen molar-refractivity contribution >= 4 is 17.3 Å². The molecule has 5 nitrogen and oxygen atoms in total. The molecule has 7 heteroatoms. The summed E-state index contributed by atoms with van der Waals surface area (Å²) in [7, 11) is 0. The summed E-state index contributed by atoms with van der Waals surface area (Å²) in [6, 6.07) is 12.0. The zero-order chi connectivity index (χ0) is 19.7. The molecule has 3 unspecified atom stereocenters. The number of benzene rings is 1. The molecule has 4 rings (SSSR count). The van der Waals surface area contributed by atoms with Crippen LogP contribution in [0.25, 0.3) is 11.3 Å². The number of likely N-dealkylation sites (tertiary alicyclic amines) is 1. The van der Waals surface area contributed by atoms with Crippen molar-refractivity contribution in [3.63, 3.8) is 0 Å². The van der Waals surface area contributed by atoms with E-state index in [1.54, 1.807) is 12.3 Å². The fraction of sp³-hybridized carbons (Fsp3) is 0.429. The number of amides is 1. The third kappa shape index (κ3) is 4.37. The van der Waals surface area contributed by atoms with E-state index in [1.165, 1.54) is 12.1 Å². The van der Waals surface area contributed by atoms with E-state index in [4.69, 9.17) is 4.98 Å². The van der Waals surface area contributed by atoms with Crippen LogP contribution < -0.4 is 4.72 Å². The second-order valence-corrected chi connectivity index (χ2v) is 8.71. The fourth-order valence-corrected chi connectivity index (χ4v) is 4.61. The predicted molar refractivity (Wildman–Crippen MR) is 107 cm³/mol. The Balaban J connectivity index is 1.57. The lowest BCUT2D eigenvalue weighted by Crippen LogP contribution is -2.48. The van der Waals surface area contributed by atoms with Gasteiger partial charge in [-0.1, -0.05) is 18.2 Å². The molecule has 2 aliphatic rings. The van der Waals surface area contributed by atoms with Crippen LogP contribution in [0.2, 0.25) is 0 Å². The van der Waals surface area contributed by atoms with E-state index in [1.807, 2.05) is 29.2 Å². The Labute approximate surface area is 167 Å². The summed E-state index contributed by atoms with van der Waals surface area (Å²) in [5, 5.41) is 0. The van der Waals surface area contributed by atoms with Crippen LogP contribution in [-0.4, -0.2) is 45.2 Å². The van der Waals surface area contributed by atoms with Gasteiger partial charge >= 0.3 is 0 Å². The summed E-state index contributed by atoms with van der Waals surface area (Å²) in [4.78, 5) is 19.4. The molecular formula is C21H24FN3O2S. The molecule has 1 amide bonds. The lowest BCUT2D eigenvalue weighted by atomic mass is 10.0. The molecule has 0 bridgehead atoms. The van der Waals surface area contributed by atoms with Gasteiger partial charge < -0.3 is 9.45 Å². The highest BCUT2D eigenvalue weighted by molar-refractivity contribution is 7.88. The number of nitrogens with one attached hydrogen (secondary N) is 1. The van der Waals surface area contributed by atoms with E-state index >= 15 is 0 Å². The Morgan fingerprint density at radius 3 is 2.79 bits per heavy atom. The van der Waals surface area contributed by atoms with Crippen molar-refractivity contribution in [2.45, 2.75) is 37.8 Å². The minimum absolute atomic E-state index is 0.0202. The average Bonchev–Trinajstić information content (AvgIpc) is 3.45. The maximum atomic E-state index is 13.6. The van der Waals surface area contributed by atoms with Crippen molar-refractivity contribution in [3.05, 3.63) is 54.0 Å². The van der Waals surface area contributed by atoms with E-state index in [0.29, 0.717) is 18.7 Å². The summed E-state index contributed by atoms with van der Waals surface area (Å²) in [6.45, 7) is 0.679. The van der Waals surface area contributed by atoms with Gasteiger partial charge in [0.15, 0.2) is 0 Å². The topological polar surface area (TPSA) is 68.3 Å². The average molecular weight is 402 g/mol. The second kappa shape index (κ2) is 8.19. The Morgan fingerprint density at radius 1 is 1.29 bits per heavy atom. The Kier molecular flexibility index (Phi) is 5.66. The van der Waals surface area contributed by atoms with Crippen LogP contribution in [0.5, 0.6) is 0 Å². The first-order chi connectivity index (χ1) is 13.5. The Morgan fingerprint density at radius 2 is 2.07 bits per heavy atom. The van der Waals surface area contributed by atoms with Gasteiger partial charge in [-0.2, -0.15) is 0 Å². The number of aromatic nitrogens is 1. The van der Waals surface area contributed by atoms with Crippen LogP contribution >= 0.6 is 0 Å². The normalized spacial score (nSPS) is 23.0. The van der Waals surface area contributed by atoms with E-state index in [-0.39, 0.29) is 29.7 Å². The van der Waals surface area contributed by atoms with E-state index < -0.39 is 11.4 Å². The number of hydrogen-bond acceptors (Lipinski definition) is 4. The highest BCUT2D eigenvalue weighted by Gasteiger charge is 2.43. The number of carbonyl (C=O) groups excluding carboxylic acids is 1. The monoisotopic (exact) mass is 401 g/mol. The molecule has 2 aromatic rings. The largest absolute Gasteiger partial charge is 0.598 e. The van der Waals surface area contributed by atoms with Crippen LogP contribution in [0.1, 0.15) is 25.0 Å². The van der Waals surface area contributed by atoms with Gasteiger partial charge in [0.2, 0.25) is 5.91 Å². The minimum Gasteiger partial charge on any atom is -0.598 e. The Bertz CT molecular complexity index is 859. The minimum atomic E-state index is -1.14. The summed E-state index contributed by atoms with van der Waals surface area (Å²) >= 11 is -1.14. The smallest absolute Gasteiger partial charge is 0.225 e. The number of carbonyl (C=O) groups is 1. The van der Waals surface area contributed by atoms with Gasteiger partial charge in [-0.3, -0.25) is 9.78 Å². The predicted octanol–water partition coefficient (Wildman–Crippen LogP) is 2.69. The third-order valence-corrected chi connectivity index (χ3v) is 6.05. The number of nitrogens with zero attached hydrogens (tertiary/aromatic N) is 2. The number of halogens is 1. The maximum Gasteiger partial charge on any atom is 0.225 e. The third-order valence-electron chi connectivity index (χ3n) is 5.42. The molecule has 0 radical (unpaired) electrons. The summed E-state index contributed by atoms with van der Waals surface area (Å²) in [6.07, 6.45) is 4.91. The van der Waals surface area contributed by atoms with Crippen molar-refractivity contribution in [1.29, 1.82) is 0 Å². The maximum absolute atomic E-state index is 13.6. The van der Waals surface area contributed by atoms with Crippen molar-refractivity contribution in [2.24, 2.45) is 5.92 Å². The van der Waals surface area contributed by atoms with Crippen LogP contribution in [0, 0.1) is 11.7 Å². The van der Waals surface area contributed by atoms with E-state index in [0.717, 1.165) is 30.5 Å². The Hall–Kier alpha value is -1.96. The molecule has 28 heavy (non-hydrogen) atoms. The van der Waals surface area contributed by atoms with Gasteiger partial charge in [0, 0.05) is 41.5 Å². The first-order valence-electron chi connectivity index (χ1n) is 9.63. The van der Waals surface area contributed by atoms with Gasteiger partial charge in [-0.05, 0) is 43.5 Å². The van der Waals surface area contributed by atoms with Crippen molar-refractivity contribution in [1.82, 2.24) is 14.6 Å². The molecular weight excluding hydrogens is 377 g/mol. The molecule has 1 aromatic heterocycles. The van der Waals surface area contributed by atoms with E-state index in [2.05, 4.69) is 4.72 Å². The number of hydrogen-bond donors (Lipinski definition) is 1. The second-order valence-electron chi connectivity index (χ2n) is 7.57. The summed E-state index contributed by atoms with van der Waals surface area (Å²) in [5.74, 6) is 0.0637. The van der Waals surface area contributed by atoms with Crippen LogP contribution in [0.15, 0.2) is 42.5 Å². The zero-order valence-corrected chi connectivity index (χ0v) is 16.6. The van der Waals surface area contributed by atoms with Crippen LogP contribution in [0.3, 0.4) is 0 Å². The highest BCUT2D eigenvalue weighted by atomic mass is 32.2. The lowest BCUT2D eigenvalue weighted by molar-refractivity contribution is -0.133. The standard InChI is InChI=1S/C21H24FN3O2S/c1-28(27)24-19-10-11-25(21(26)14-8-9-14)20(19)13-17-6-3-7-18(23-17)15-4-2-5-16(22)12-15/h2-7,12,14,19-20,24H,8-11,13H2,1H3. The molecule has 1 saturated carbocycles. The quantitative estimate of drug-likeness (QED) is 0.756. The SMILES string of the molecule is C[S+]([O-])NC1CCN(C(=O)C2CC2)C1Cc1cccc(-c2cccc(F)c2)n1. The van der Waals surface area contributed by atoms with Gasteiger partial charge in [0.25, 0.3) is 0 Å². The lowest BCUT2D eigenvalue weighted by Gasteiger charge is -2.28. The number of rotatable bonds is 6. The van der Waals surface area contributed by atoms with Crippen molar-refractivity contribution in [2.75, 3.05) is 12.8 Å². The molecule has 1 N–H and O–H groups in total. The molecule has 2 heterocycles. The fourth-order valence-electron chi connectivity index (χ4n) is 3.91. The zero-order valence-electron chi connectivity index (χ0n) is 15.8. The van der Waals surface area contributed by atoms with Crippen molar-refractivity contribution < 1.29 is 13.7 Å². The molecule has 1 aromatic carbocycles. The molecule has 1 saturated heterocycles. The first kappa shape index (κ1) is 19.4. The van der Waals surface area contributed by atoms with Gasteiger partial charge in [-0.25, -0.2) is 4.39 Å². The number of pyridine rings is 1. The molecule has 1 aliphatic heterocycles. The molecule has 3 atom stereocenters. The van der Waals surface area contributed by atoms with Crippen LogP contribution in [0.4, 0.5) is 4.39 Å². The molecule has 0 spiro atoms. The molecule has 1 aliphatic carbocycles. The highest BCUT2D eigenvalue weighted by Crippen LogP contribution is 2.34. The van der Waals surface area contributed by atoms with Crippen LogP contribution in [-0.2, 0) is 22.6 Å². The van der Waals surface area contributed by atoms with E-state index in [9.17, 15) is 13.7 Å².